The zero-order valence-electron chi connectivity index (χ0n) is 14.1. The van der Waals surface area contributed by atoms with Crippen LogP contribution in [-0.4, -0.2) is 24.0 Å². The van der Waals surface area contributed by atoms with Crippen molar-refractivity contribution in [2.24, 2.45) is 0 Å². The van der Waals surface area contributed by atoms with Gasteiger partial charge in [0.2, 0.25) is 0 Å². The molecular formula is C18H28F3N. The Morgan fingerprint density at radius 1 is 1.09 bits per heavy atom. The lowest BCUT2D eigenvalue weighted by Gasteiger charge is -2.25. The number of hydrogen-bond acceptors (Lipinski definition) is 1. The number of benzene rings is 1. The molecule has 0 saturated heterocycles. The van der Waals surface area contributed by atoms with Gasteiger partial charge in [0, 0.05) is 6.04 Å². The first kappa shape index (κ1) is 19.0. The van der Waals surface area contributed by atoms with Crippen molar-refractivity contribution in [3.8, 4) is 0 Å². The van der Waals surface area contributed by atoms with Crippen LogP contribution < -0.4 is 0 Å². The second-order valence-electron chi connectivity index (χ2n) is 6.25. The second kappa shape index (κ2) is 8.56. The Hall–Kier alpha value is -1.03. The topological polar surface area (TPSA) is 3.24 Å². The minimum atomic E-state index is -4.26. The zero-order chi connectivity index (χ0) is 16.8. The number of hydrogen-bond donors (Lipinski definition) is 0. The van der Waals surface area contributed by atoms with Gasteiger partial charge in [-0.15, -0.1) is 0 Å². The molecule has 0 aliphatic carbocycles. The molecule has 0 saturated carbocycles. The molecule has 0 aliphatic heterocycles. The summed E-state index contributed by atoms with van der Waals surface area (Å²) in [5, 5.41) is 0. The van der Waals surface area contributed by atoms with E-state index in [2.05, 4.69) is 25.7 Å². The summed E-state index contributed by atoms with van der Waals surface area (Å²) in [7, 11) is 0. The van der Waals surface area contributed by atoms with E-state index in [9.17, 15) is 13.2 Å². The van der Waals surface area contributed by atoms with Gasteiger partial charge in [0.15, 0.2) is 0 Å². The molecule has 0 atom stereocenters. The van der Waals surface area contributed by atoms with Gasteiger partial charge in [-0.3, -0.25) is 0 Å². The van der Waals surface area contributed by atoms with Crippen LogP contribution in [0.15, 0.2) is 18.2 Å². The summed E-state index contributed by atoms with van der Waals surface area (Å²) in [5.74, 6) is 0. The van der Waals surface area contributed by atoms with E-state index in [1.54, 1.807) is 19.1 Å². The van der Waals surface area contributed by atoms with Gasteiger partial charge in [-0.2, -0.15) is 13.2 Å². The molecule has 0 fully saturated rings. The third kappa shape index (κ3) is 5.99. The average Bonchev–Trinajstić information content (AvgIpc) is 2.42. The van der Waals surface area contributed by atoms with E-state index in [1.807, 2.05) is 0 Å². The van der Waals surface area contributed by atoms with E-state index in [1.165, 1.54) is 6.07 Å². The summed E-state index contributed by atoms with van der Waals surface area (Å²) in [6, 6.07) is 5.14. The van der Waals surface area contributed by atoms with E-state index in [-0.39, 0.29) is 0 Å². The first-order valence-electron chi connectivity index (χ1n) is 8.16. The van der Waals surface area contributed by atoms with Crippen molar-refractivity contribution in [1.82, 2.24) is 4.90 Å². The number of halogens is 3. The molecule has 1 rings (SSSR count). The van der Waals surface area contributed by atoms with E-state index in [0.717, 1.165) is 32.4 Å². The Morgan fingerprint density at radius 2 is 1.77 bits per heavy atom. The van der Waals surface area contributed by atoms with Gasteiger partial charge in [0.1, 0.15) is 0 Å². The van der Waals surface area contributed by atoms with E-state index >= 15 is 0 Å². The van der Waals surface area contributed by atoms with E-state index in [4.69, 9.17) is 0 Å². The number of nitrogens with zero attached hydrogens (tertiary/aromatic N) is 1. The smallest absolute Gasteiger partial charge is 0.301 e. The standard InChI is InChI=1S/C18H28F3N/c1-5-11-22(14(2)3)12-7-6-8-16-10-9-15(4)13-17(16)18(19,20)21/h9-10,13-14H,5-8,11-12H2,1-4H3. The lowest BCUT2D eigenvalue weighted by atomic mass is 9.99. The van der Waals surface area contributed by atoms with Crippen LogP contribution in [0.25, 0.3) is 0 Å². The average molecular weight is 315 g/mol. The van der Waals surface area contributed by atoms with Gasteiger partial charge in [-0.1, -0.05) is 24.6 Å². The molecule has 0 spiro atoms. The SMILES string of the molecule is CCCN(CCCCc1ccc(C)cc1C(F)(F)F)C(C)C. The summed E-state index contributed by atoms with van der Waals surface area (Å²) in [6.07, 6.45) is -0.933. The third-order valence-corrected chi connectivity index (χ3v) is 3.95. The highest BCUT2D eigenvalue weighted by Gasteiger charge is 2.33. The number of alkyl halides is 3. The maximum Gasteiger partial charge on any atom is 0.416 e. The van der Waals surface area contributed by atoms with Gasteiger partial charge in [0.05, 0.1) is 5.56 Å². The molecule has 0 unspecified atom stereocenters. The van der Waals surface area contributed by atoms with Gasteiger partial charge in [-0.25, -0.2) is 0 Å². The zero-order valence-corrected chi connectivity index (χ0v) is 14.1. The van der Waals surface area contributed by atoms with Crippen LogP contribution in [0.3, 0.4) is 0 Å². The fourth-order valence-electron chi connectivity index (χ4n) is 2.72. The van der Waals surface area contributed by atoms with Crippen LogP contribution in [0.5, 0.6) is 0 Å². The van der Waals surface area contributed by atoms with Crippen LogP contribution in [0, 0.1) is 6.92 Å². The maximum atomic E-state index is 13.1. The van der Waals surface area contributed by atoms with Crippen LogP contribution in [0.1, 0.15) is 56.7 Å². The van der Waals surface area contributed by atoms with Crippen molar-refractivity contribution in [3.63, 3.8) is 0 Å². The Balaban J connectivity index is 2.58. The summed E-state index contributed by atoms with van der Waals surface area (Å²) < 4.78 is 39.2. The number of rotatable bonds is 8. The summed E-state index contributed by atoms with van der Waals surface area (Å²) in [4.78, 5) is 2.39. The Labute approximate surface area is 132 Å². The largest absolute Gasteiger partial charge is 0.416 e. The van der Waals surface area contributed by atoms with Crippen molar-refractivity contribution in [1.29, 1.82) is 0 Å². The Morgan fingerprint density at radius 3 is 2.32 bits per heavy atom. The molecule has 0 radical (unpaired) electrons. The second-order valence-corrected chi connectivity index (χ2v) is 6.25. The molecule has 0 amide bonds. The van der Waals surface area contributed by atoms with Gasteiger partial charge < -0.3 is 4.90 Å². The molecular weight excluding hydrogens is 287 g/mol. The molecule has 0 N–H and O–H groups in total. The predicted molar refractivity (Wildman–Crippen MR) is 86.1 cm³/mol. The van der Waals surface area contributed by atoms with E-state index < -0.39 is 11.7 Å². The van der Waals surface area contributed by atoms with Crippen molar-refractivity contribution < 1.29 is 13.2 Å². The van der Waals surface area contributed by atoms with Gasteiger partial charge >= 0.3 is 6.18 Å². The summed E-state index contributed by atoms with van der Waals surface area (Å²) in [5.41, 5.74) is 0.608. The third-order valence-electron chi connectivity index (χ3n) is 3.95. The van der Waals surface area contributed by atoms with Gasteiger partial charge in [0.25, 0.3) is 0 Å². The molecule has 0 aromatic heterocycles. The molecule has 0 aliphatic rings. The minimum Gasteiger partial charge on any atom is -0.301 e. The lowest BCUT2D eigenvalue weighted by Crippen LogP contribution is -2.32. The predicted octanol–water partition coefficient (Wildman–Crippen LogP) is 5.46. The fraction of sp³-hybridized carbons (Fsp3) is 0.667. The van der Waals surface area contributed by atoms with Crippen molar-refractivity contribution >= 4 is 0 Å². The van der Waals surface area contributed by atoms with Crippen molar-refractivity contribution in [3.05, 3.63) is 34.9 Å². The highest BCUT2D eigenvalue weighted by atomic mass is 19.4. The van der Waals surface area contributed by atoms with Crippen molar-refractivity contribution in [2.45, 2.75) is 65.6 Å². The van der Waals surface area contributed by atoms with Crippen LogP contribution >= 0.6 is 0 Å². The summed E-state index contributed by atoms with van der Waals surface area (Å²) in [6.45, 7) is 10.2. The first-order chi connectivity index (χ1) is 10.3. The molecule has 1 nitrogen and oxygen atoms in total. The highest BCUT2D eigenvalue weighted by Crippen LogP contribution is 2.33. The normalized spacial score (nSPS) is 12.4. The van der Waals surface area contributed by atoms with Crippen LogP contribution in [-0.2, 0) is 12.6 Å². The van der Waals surface area contributed by atoms with Crippen molar-refractivity contribution in [2.75, 3.05) is 13.1 Å². The number of aryl methyl sites for hydroxylation is 2. The molecule has 0 bridgehead atoms. The van der Waals surface area contributed by atoms with Gasteiger partial charge in [-0.05, 0) is 71.2 Å². The Bertz CT molecular complexity index is 452. The quantitative estimate of drug-likeness (QED) is 0.576. The van der Waals surface area contributed by atoms with E-state index in [0.29, 0.717) is 23.6 Å². The van der Waals surface area contributed by atoms with Crippen LogP contribution in [0.2, 0.25) is 0 Å². The molecule has 1 aromatic rings. The fourth-order valence-corrected chi connectivity index (χ4v) is 2.72. The number of unbranched alkanes of at least 4 members (excludes halogenated alkanes) is 1. The monoisotopic (exact) mass is 315 g/mol. The van der Waals surface area contributed by atoms with Crippen LogP contribution in [0.4, 0.5) is 13.2 Å². The lowest BCUT2D eigenvalue weighted by molar-refractivity contribution is -0.138. The Kier molecular flexibility index (Phi) is 7.40. The highest BCUT2D eigenvalue weighted by molar-refractivity contribution is 5.33. The molecule has 126 valence electrons. The minimum absolute atomic E-state index is 0.421. The molecule has 22 heavy (non-hydrogen) atoms. The molecule has 0 heterocycles. The first-order valence-corrected chi connectivity index (χ1v) is 8.16. The summed E-state index contributed by atoms with van der Waals surface area (Å²) >= 11 is 0. The molecule has 1 aromatic carbocycles. The molecule has 4 heteroatoms. The maximum absolute atomic E-state index is 13.1.